The van der Waals surface area contributed by atoms with Gasteiger partial charge in [-0.15, -0.1) is 11.6 Å². The summed E-state index contributed by atoms with van der Waals surface area (Å²) in [6.07, 6.45) is 2.57. The number of ketones is 2. The molecule has 2 aliphatic rings. The predicted molar refractivity (Wildman–Crippen MR) is 85.4 cm³/mol. The van der Waals surface area contributed by atoms with Crippen molar-refractivity contribution < 1.29 is 19.8 Å². The molecule has 6 N–H and O–H groups in total. The number of carbonyl (C=O) groups excluding carboxylic acids is 2. The van der Waals surface area contributed by atoms with E-state index >= 15 is 0 Å². The summed E-state index contributed by atoms with van der Waals surface area (Å²) in [4.78, 5) is 24.3. The first-order chi connectivity index (χ1) is 10.6. The highest BCUT2D eigenvalue weighted by Crippen LogP contribution is 2.41. The fraction of sp³-hybridized carbons (Fsp3) is 0.125. The number of rotatable bonds is 0. The lowest BCUT2D eigenvalue weighted by molar-refractivity contribution is 0.0971. The molecule has 0 heterocycles. The van der Waals surface area contributed by atoms with Crippen molar-refractivity contribution in [3.05, 3.63) is 58.0 Å². The first-order valence-electron chi connectivity index (χ1n) is 6.69. The van der Waals surface area contributed by atoms with E-state index in [4.69, 9.17) is 23.1 Å². The average molecular weight is 333 g/mol. The number of halogens is 1. The smallest absolute Gasteiger partial charge is 0.200 e. The minimum atomic E-state index is -1.17. The number of aliphatic hydroxyl groups is 1. The number of fused-ring (bicyclic) bond motifs is 1. The van der Waals surface area contributed by atoms with Crippen molar-refractivity contribution in [2.24, 2.45) is 5.73 Å². The maximum atomic E-state index is 12.8. The second kappa shape index (κ2) is 4.63. The zero-order chi connectivity index (χ0) is 17.1. The highest BCUT2D eigenvalue weighted by Gasteiger charge is 2.40. The third-order valence-corrected chi connectivity index (χ3v) is 3.99. The molecule has 0 amide bonds. The van der Waals surface area contributed by atoms with Gasteiger partial charge in [-0.2, -0.15) is 0 Å². The average Bonchev–Trinajstić information content (AvgIpc) is 2.51. The van der Waals surface area contributed by atoms with Crippen molar-refractivity contribution in [3.8, 4) is 5.75 Å². The Labute approximate surface area is 136 Å². The number of aliphatic hydroxyl groups excluding tert-OH is 1. The SMILES string of the molecule is CC1(Cl)C=C(N)C2=C(C(=O)c3c(N)ccc(O)c3C2=O)C(O)=C1. The van der Waals surface area contributed by atoms with Gasteiger partial charge in [0.1, 0.15) is 11.5 Å². The quantitative estimate of drug-likeness (QED) is 0.327. The maximum absolute atomic E-state index is 12.8. The molecule has 2 aliphatic carbocycles. The Bertz CT molecular complexity index is 809. The Hall–Kier alpha value is -2.73. The summed E-state index contributed by atoms with van der Waals surface area (Å²) in [7, 11) is 0. The van der Waals surface area contributed by atoms with Crippen LogP contribution in [0, 0.1) is 0 Å². The predicted octanol–water partition coefficient (Wildman–Crippen LogP) is 1.95. The van der Waals surface area contributed by atoms with Crippen LogP contribution < -0.4 is 11.5 Å². The van der Waals surface area contributed by atoms with E-state index in [1.165, 1.54) is 24.3 Å². The molecule has 118 valence electrons. The molecule has 1 aromatic rings. The number of carbonyl (C=O) groups is 2. The summed E-state index contributed by atoms with van der Waals surface area (Å²) in [5.74, 6) is -2.22. The Morgan fingerprint density at radius 3 is 2.26 bits per heavy atom. The van der Waals surface area contributed by atoms with Crippen LogP contribution >= 0.6 is 11.6 Å². The van der Waals surface area contributed by atoms with E-state index in [1.807, 2.05) is 0 Å². The van der Waals surface area contributed by atoms with Gasteiger partial charge in [-0.3, -0.25) is 9.59 Å². The second-order valence-electron chi connectivity index (χ2n) is 5.61. The number of nitrogen functional groups attached to an aromatic ring is 1. The fourth-order valence-electron chi connectivity index (χ4n) is 2.84. The van der Waals surface area contributed by atoms with Crippen LogP contribution in [0.2, 0.25) is 0 Å². The van der Waals surface area contributed by atoms with E-state index in [9.17, 15) is 19.8 Å². The lowest BCUT2D eigenvalue weighted by Crippen LogP contribution is -2.27. The number of Topliss-reactive ketones (excluding diaryl/α,β-unsaturated/α-hetero) is 2. The Morgan fingerprint density at radius 1 is 1.00 bits per heavy atom. The van der Waals surface area contributed by atoms with Crippen LogP contribution in [0.1, 0.15) is 27.6 Å². The number of phenols is 1. The van der Waals surface area contributed by atoms with Crippen LogP contribution in [0.4, 0.5) is 5.69 Å². The molecule has 3 rings (SSSR count). The number of hydrogen-bond donors (Lipinski definition) is 4. The lowest BCUT2D eigenvalue weighted by atomic mass is 9.81. The van der Waals surface area contributed by atoms with Gasteiger partial charge in [0.05, 0.1) is 27.1 Å². The van der Waals surface area contributed by atoms with Gasteiger partial charge in [0.15, 0.2) is 0 Å². The molecule has 0 saturated heterocycles. The largest absolute Gasteiger partial charge is 0.507 e. The zero-order valence-corrected chi connectivity index (χ0v) is 12.8. The number of anilines is 1. The van der Waals surface area contributed by atoms with Gasteiger partial charge >= 0.3 is 0 Å². The molecule has 6 nitrogen and oxygen atoms in total. The van der Waals surface area contributed by atoms with Crippen LogP contribution in [-0.2, 0) is 0 Å². The van der Waals surface area contributed by atoms with Gasteiger partial charge in [0.2, 0.25) is 11.6 Å². The standard InChI is InChI=1S/C16H13ClN2O4/c1-16(17)4-7(19)11-13(9(21)5-16)14(22)10-6(18)2-3-8(20)12(10)15(11)23/h2-5,20-21H,18-19H2,1H3. The zero-order valence-electron chi connectivity index (χ0n) is 12.1. The molecular formula is C16H13ClN2O4. The molecule has 0 aliphatic heterocycles. The first-order valence-corrected chi connectivity index (χ1v) is 7.07. The number of phenolic OH excluding ortho intramolecular Hbond substituents is 1. The van der Waals surface area contributed by atoms with E-state index in [0.717, 1.165) is 0 Å². The Kier molecular flexibility index (Phi) is 3.06. The normalized spacial score (nSPS) is 23.7. The molecule has 0 radical (unpaired) electrons. The minimum absolute atomic E-state index is 0.0240. The third-order valence-electron chi connectivity index (χ3n) is 3.78. The number of nitrogens with two attached hydrogens (primary N) is 2. The molecule has 0 saturated carbocycles. The van der Waals surface area contributed by atoms with Crippen LogP contribution in [-0.4, -0.2) is 26.7 Å². The maximum Gasteiger partial charge on any atom is 0.200 e. The summed E-state index contributed by atoms with van der Waals surface area (Å²) < 4.78 is 0. The highest BCUT2D eigenvalue weighted by molar-refractivity contribution is 6.33. The summed E-state index contributed by atoms with van der Waals surface area (Å²) >= 11 is 6.18. The van der Waals surface area contributed by atoms with Crippen molar-refractivity contribution in [2.45, 2.75) is 11.8 Å². The van der Waals surface area contributed by atoms with Gasteiger partial charge in [-0.05, 0) is 31.2 Å². The van der Waals surface area contributed by atoms with Gasteiger partial charge in [-0.1, -0.05) is 0 Å². The summed E-state index contributed by atoms with van der Waals surface area (Å²) in [5.41, 5.74) is 10.8. The molecular weight excluding hydrogens is 320 g/mol. The van der Waals surface area contributed by atoms with E-state index < -0.39 is 22.2 Å². The Morgan fingerprint density at radius 2 is 1.61 bits per heavy atom. The third kappa shape index (κ3) is 2.10. The monoisotopic (exact) mass is 332 g/mol. The van der Waals surface area contributed by atoms with Crippen LogP contribution in [0.15, 0.2) is 46.9 Å². The van der Waals surface area contributed by atoms with E-state index in [1.54, 1.807) is 6.92 Å². The summed E-state index contributed by atoms with van der Waals surface area (Å²) in [5, 5.41) is 20.2. The molecule has 1 atom stereocenters. The van der Waals surface area contributed by atoms with Crippen LogP contribution in [0.5, 0.6) is 5.75 Å². The summed E-state index contributed by atoms with van der Waals surface area (Å²) in [6, 6.07) is 2.54. The number of aromatic hydroxyl groups is 1. The molecule has 0 fully saturated rings. The molecule has 23 heavy (non-hydrogen) atoms. The molecule has 7 heteroatoms. The highest BCUT2D eigenvalue weighted by atomic mass is 35.5. The minimum Gasteiger partial charge on any atom is -0.507 e. The van der Waals surface area contributed by atoms with Crippen LogP contribution in [0.3, 0.4) is 0 Å². The van der Waals surface area contributed by atoms with E-state index in [2.05, 4.69) is 0 Å². The molecule has 1 aromatic carbocycles. The Balaban J connectivity index is 2.40. The first kappa shape index (κ1) is 15.2. The number of allylic oxidation sites excluding steroid dienone is 4. The fourth-order valence-corrected chi connectivity index (χ4v) is 3.06. The van der Waals surface area contributed by atoms with Crippen molar-refractivity contribution in [1.82, 2.24) is 0 Å². The van der Waals surface area contributed by atoms with Crippen molar-refractivity contribution >= 4 is 28.9 Å². The van der Waals surface area contributed by atoms with Crippen molar-refractivity contribution in [3.63, 3.8) is 0 Å². The van der Waals surface area contributed by atoms with Crippen molar-refractivity contribution in [2.75, 3.05) is 5.73 Å². The molecule has 0 aromatic heterocycles. The van der Waals surface area contributed by atoms with Gasteiger partial charge in [-0.25, -0.2) is 0 Å². The van der Waals surface area contributed by atoms with Crippen molar-refractivity contribution in [1.29, 1.82) is 0 Å². The summed E-state index contributed by atoms with van der Waals surface area (Å²) in [6.45, 7) is 1.55. The topological polar surface area (TPSA) is 127 Å². The molecule has 0 bridgehead atoms. The van der Waals surface area contributed by atoms with Crippen LogP contribution in [0.25, 0.3) is 0 Å². The number of alkyl halides is 1. The van der Waals surface area contributed by atoms with Gasteiger partial charge in [0.25, 0.3) is 0 Å². The van der Waals surface area contributed by atoms with Gasteiger partial charge < -0.3 is 21.7 Å². The van der Waals surface area contributed by atoms with Gasteiger partial charge in [0, 0.05) is 11.4 Å². The molecule has 1 unspecified atom stereocenters. The second-order valence-corrected chi connectivity index (χ2v) is 6.43. The number of hydrogen-bond acceptors (Lipinski definition) is 6. The van der Waals surface area contributed by atoms with E-state index in [0.29, 0.717) is 0 Å². The number of benzene rings is 1. The lowest BCUT2D eigenvalue weighted by Gasteiger charge is -2.22. The van der Waals surface area contributed by atoms with E-state index in [-0.39, 0.29) is 39.4 Å². The molecule has 0 spiro atoms.